The number of para-hydroxylation sites is 1. The Hall–Kier alpha value is -2.83. The number of likely N-dealkylation sites (tertiary alicyclic amines) is 1. The maximum atomic E-state index is 12.6. The number of nitrogens with zero attached hydrogens (tertiary/aromatic N) is 3. The number of amides is 1. The van der Waals surface area contributed by atoms with E-state index in [1.165, 1.54) is 0 Å². The molecule has 1 aromatic heterocycles. The number of methoxy groups -OCH3 is 1. The molecule has 0 spiro atoms. The Balaban J connectivity index is 2.02. The number of carboxylic acid groups (broad SMARTS) is 1. The van der Waals surface area contributed by atoms with E-state index in [4.69, 9.17) is 4.74 Å². The number of carbonyl (C=O) groups is 2. The van der Waals surface area contributed by atoms with Crippen molar-refractivity contribution in [2.45, 2.75) is 25.4 Å². The van der Waals surface area contributed by atoms with E-state index in [2.05, 4.69) is 5.10 Å². The predicted octanol–water partition coefficient (Wildman–Crippen LogP) is 1.99. The van der Waals surface area contributed by atoms with E-state index in [1.54, 1.807) is 36.0 Å². The summed E-state index contributed by atoms with van der Waals surface area (Å²) in [6.45, 7) is 0.294. The molecule has 1 aliphatic rings. The summed E-state index contributed by atoms with van der Waals surface area (Å²) in [6, 6.07) is 8.66. The molecule has 1 N–H and O–H groups in total. The first kappa shape index (κ1) is 17.0. The zero-order valence-electron chi connectivity index (χ0n) is 14.3. The number of benzene rings is 1. The normalized spacial score (nSPS) is 20.6. The molecule has 1 amide bonds. The Morgan fingerprint density at radius 2 is 2.12 bits per heavy atom. The number of rotatable bonds is 5. The van der Waals surface area contributed by atoms with Crippen molar-refractivity contribution in [3.63, 3.8) is 0 Å². The van der Waals surface area contributed by atoms with Gasteiger partial charge < -0.3 is 14.7 Å². The molecule has 7 nitrogen and oxygen atoms in total. The quantitative estimate of drug-likeness (QED) is 0.897. The minimum atomic E-state index is -0.899. The number of carbonyl (C=O) groups excluding carboxylic acids is 1. The molecule has 1 aromatic carbocycles. The van der Waals surface area contributed by atoms with Crippen molar-refractivity contribution in [3.8, 4) is 5.75 Å². The number of aromatic nitrogens is 2. The van der Waals surface area contributed by atoms with Gasteiger partial charge in [0.1, 0.15) is 5.75 Å². The topological polar surface area (TPSA) is 84.7 Å². The Morgan fingerprint density at radius 3 is 2.76 bits per heavy atom. The first-order valence-corrected chi connectivity index (χ1v) is 8.15. The molecule has 2 aromatic rings. The zero-order chi connectivity index (χ0) is 18.0. The van der Waals surface area contributed by atoms with E-state index in [9.17, 15) is 14.7 Å². The number of ether oxygens (including phenoxy) is 1. The van der Waals surface area contributed by atoms with E-state index in [1.807, 2.05) is 24.3 Å². The summed E-state index contributed by atoms with van der Waals surface area (Å²) < 4.78 is 7.01. The van der Waals surface area contributed by atoms with Crippen molar-refractivity contribution in [1.29, 1.82) is 0 Å². The van der Waals surface area contributed by atoms with Crippen LogP contribution in [0.5, 0.6) is 5.75 Å². The molecule has 0 radical (unpaired) electrons. The number of hydrogen-bond acceptors (Lipinski definition) is 4. The van der Waals surface area contributed by atoms with Crippen LogP contribution < -0.4 is 4.74 Å². The van der Waals surface area contributed by atoms with Crippen LogP contribution >= 0.6 is 0 Å². The van der Waals surface area contributed by atoms with E-state index in [-0.39, 0.29) is 12.3 Å². The molecule has 3 rings (SSSR count). The van der Waals surface area contributed by atoms with Crippen molar-refractivity contribution >= 4 is 11.9 Å². The fraction of sp³-hybridized carbons (Fsp3) is 0.389. The average Bonchev–Trinajstić information content (AvgIpc) is 3.02. The largest absolute Gasteiger partial charge is 0.496 e. The summed E-state index contributed by atoms with van der Waals surface area (Å²) in [5.41, 5.74) is 1.56. The van der Waals surface area contributed by atoms with Crippen molar-refractivity contribution in [2.75, 3.05) is 7.11 Å². The van der Waals surface area contributed by atoms with Gasteiger partial charge in [-0.2, -0.15) is 5.10 Å². The summed E-state index contributed by atoms with van der Waals surface area (Å²) in [5.74, 6) is -0.947. The van der Waals surface area contributed by atoms with Crippen LogP contribution in [0.1, 0.15) is 30.1 Å². The molecule has 1 fully saturated rings. The van der Waals surface area contributed by atoms with Gasteiger partial charge in [-0.25, -0.2) is 0 Å². The molecule has 132 valence electrons. The van der Waals surface area contributed by atoms with Crippen LogP contribution in [-0.4, -0.2) is 38.8 Å². The van der Waals surface area contributed by atoms with E-state index < -0.39 is 17.9 Å². The molecule has 2 atom stereocenters. The smallest absolute Gasteiger partial charge is 0.309 e. The second-order valence-electron chi connectivity index (χ2n) is 6.14. The Bertz CT molecular complexity index is 786. The molecule has 0 aliphatic carbocycles. The van der Waals surface area contributed by atoms with Crippen molar-refractivity contribution < 1.29 is 19.4 Å². The summed E-state index contributed by atoms with van der Waals surface area (Å²) in [7, 11) is 3.34. The second-order valence-corrected chi connectivity index (χ2v) is 6.14. The van der Waals surface area contributed by atoms with Gasteiger partial charge in [0.25, 0.3) is 0 Å². The van der Waals surface area contributed by atoms with Gasteiger partial charge in [-0.3, -0.25) is 14.3 Å². The van der Waals surface area contributed by atoms with E-state index in [0.29, 0.717) is 18.7 Å². The standard InChI is InChI=1S/C18H21N3O4/c1-20-14(9-10-19-20)17-13(18(23)24)7-8-16(22)21(17)11-12-5-3-4-6-15(12)25-2/h3-6,9-10,13,17H,7-8,11H2,1-2H3,(H,23,24)/t13-,17-/m0/s1. The molecule has 25 heavy (non-hydrogen) atoms. The minimum absolute atomic E-state index is 0.0605. The highest BCUT2D eigenvalue weighted by Gasteiger charge is 2.42. The van der Waals surface area contributed by atoms with Crippen molar-refractivity contribution in [3.05, 3.63) is 47.8 Å². The van der Waals surface area contributed by atoms with Crippen LogP contribution in [0, 0.1) is 5.92 Å². The van der Waals surface area contributed by atoms with Crippen LogP contribution in [0.2, 0.25) is 0 Å². The van der Waals surface area contributed by atoms with E-state index >= 15 is 0 Å². The second kappa shape index (κ2) is 6.96. The van der Waals surface area contributed by atoms with Gasteiger partial charge in [-0.15, -0.1) is 0 Å². The Morgan fingerprint density at radius 1 is 1.36 bits per heavy atom. The van der Waals surface area contributed by atoms with Crippen molar-refractivity contribution in [1.82, 2.24) is 14.7 Å². The third kappa shape index (κ3) is 3.22. The van der Waals surface area contributed by atoms with Crippen LogP contribution in [0.3, 0.4) is 0 Å². The molecule has 0 saturated carbocycles. The minimum Gasteiger partial charge on any atom is -0.496 e. The number of aryl methyl sites for hydroxylation is 1. The summed E-state index contributed by atoms with van der Waals surface area (Å²) in [6.07, 6.45) is 2.17. The third-order valence-electron chi connectivity index (χ3n) is 4.72. The predicted molar refractivity (Wildman–Crippen MR) is 89.9 cm³/mol. The first-order valence-electron chi connectivity index (χ1n) is 8.15. The fourth-order valence-electron chi connectivity index (χ4n) is 3.45. The summed E-state index contributed by atoms with van der Waals surface area (Å²) >= 11 is 0. The summed E-state index contributed by atoms with van der Waals surface area (Å²) in [4.78, 5) is 26.1. The maximum absolute atomic E-state index is 12.6. The molecular formula is C18H21N3O4. The summed E-state index contributed by atoms with van der Waals surface area (Å²) in [5, 5.41) is 13.8. The molecule has 7 heteroatoms. The first-order chi connectivity index (χ1) is 12.0. The van der Waals surface area contributed by atoms with Crippen LogP contribution in [0.4, 0.5) is 0 Å². The highest BCUT2D eigenvalue weighted by atomic mass is 16.5. The zero-order valence-corrected chi connectivity index (χ0v) is 14.3. The lowest BCUT2D eigenvalue weighted by atomic mass is 9.86. The van der Waals surface area contributed by atoms with Crippen LogP contribution in [0.15, 0.2) is 36.5 Å². The molecular weight excluding hydrogens is 322 g/mol. The van der Waals surface area contributed by atoms with Gasteiger partial charge in [0.05, 0.1) is 31.3 Å². The lowest BCUT2D eigenvalue weighted by molar-refractivity contribution is -0.152. The van der Waals surface area contributed by atoms with Crippen molar-refractivity contribution in [2.24, 2.45) is 13.0 Å². The Kier molecular flexibility index (Phi) is 4.74. The highest BCUT2D eigenvalue weighted by Crippen LogP contribution is 2.38. The fourth-order valence-corrected chi connectivity index (χ4v) is 3.45. The number of carboxylic acids is 1. The number of piperidine rings is 1. The van der Waals surface area contributed by atoms with Gasteiger partial charge in [0.15, 0.2) is 0 Å². The van der Waals surface area contributed by atoms with Crippen LogP contribution in [-0.2, 0) is 23.2 Å². The lowest BCUT2D eigenvalue weighted by Crippen LogP contribution is -2.45. The van der Waals surface area contributed by atoms with Gasteiger partial charge >= 0.3 is 5.97 Å². The molecule has 1 aliphatic heterocycles. The van der Waals surface area contributed by atoms with E-state index in [0.717, 1.165) is 11.3 Å². The monoisotopic (exact) mass is 343 g/mol. The molecule has 1 saturated heterocycles. The van der Waals surface area contributed by atoms with Gasteiger partial charge in [-0.1, -0.05) is 18.2 Å². The van der Waals surface area contributed by atoms with Gasteiger partial charge in [0.2, 0.25) is 5.91 Å². The van der Waals surface area contributed by atoms with Crippen LogP contribution in [0.25, 0.3) is 0 Å². The van der Waals surface area contributed by atoms with Gasteiger partial charge in [0, 0.05) is 25.2 Å². The highest BCUT2D eigenvalue weighted by molar-refractivity contribution is 5.81. The number of aliphatic carboxylic acids is 1. The van der Waals surface area contributed by atoms with Gasteiger partial charge in [-0.05, 0) is 18.6 Å². The molecule has 0 bridgehead atoms. The SMILES string of the molecule is COc1ccccc1CN1C(=O)CC[C@H](C(=O)O)[C@H]1c1ccnn1C. The molecule has 0 unspecified atom stereocenters. The lowest BCUT2D eigenvalue weighted by Gasteiger charge is -2.39. The Labute approximate surface area is 145 Å². The third-order valence-corrected chi connectivity index (χ3v) is 4.72. The molecule has 2 heterocycles. The number of hydrogen-bond donors (Lipinski definition) is 1. The average molecular weight is 343 g/mol. The maximum Gasteiger partial charge on any atom is 0.309 e.